The second kappa shape index (κ2) is 5.41. The van der Waals surface area contributed by atoms with Crippen LogP contribution >= 0.6 is 0 Å². The van der Waals surface area contributed by atoms with E-state index < -0.39 is 10.0 Å². The predicted molar refractivity (Wildman–Crippen MR) is 73.8 cm³/mol. The molecule has 1 aliphatic heterocycles. The zero-order valence-corrected chi connectivity index (χ0v) is 11.9. The van der Waals surface area contributed by atoms with Crippen LogP contribution in [0.5, 0.6) is 0 Å². The van der Waals surface area contributed by atoms with Crippen LogP contribution in [0.4, 0.5) is 0 Å². The van der Waals surface area contributed by atoms with E-state index in [0.29, 0.717) is 19.0 Å². The molecular formula is C14H21NO2S. The maximum atomic E-state index is 12.3. The van der Waals surface area contributed by atoms with Crippen molar-refractivity contribution in [3.05, 3.63) is 35.4 Å². The fourth-order valence-electron chi connectivity index (χ4n) is 2.39. The summed E-state index contributed by atoms with van der Waals surface area (Å²) in [7, 11) is -3.15. The maximum Gasteiger partial charge on any atom is 0.218 e. The highest BCUT2D eigenvalue weighted by atomic mass is 32.2. The average molecular weight is 267 g/mol. The smallest absolute Gasteiger partial charge is 0.212 e. The van der Waals surface area contributed by atoms with Gasteiger partial charge in [0.1, 0.15) is 0 Å². The Hall–Kier alpha value is -0.870. The van der Waals surface area contributed by atoms with Crippen molar-refractivity contribution in [1.29, 1.82) is 0 Å². The molecule has 0 saturated carbocycles. The molecule has 18 heavy (non-hydrogen) atoms. The van der Waals surface area contributed by atoms with E-state index in [-0.39, 0.29) is 5.75 Å². The van der Waals surface area contributed by atoms with E-state index in [1.54, 1.807) is 4.31 Å². The van der Waals surface area contributed by atoms with Gasteiger partial charge in [-0.3, -0.25) is 0 Å². The number of rotatable bonds is 3. The summed E-state index contributed by atoms with van der Waals surface area (Å²) in [6.45, 7) is 5.48. The van der Waals surface area contributed by atoms with Gasteiger partial charge in [-0.2, -0.15) is 0 Å². The van der Waals surface area contributed by atoms with Crippen molar-refractivity contribution in [1.82, 2.24) is 4.31 Å². The maximum absolute atomic E-state index is 12.3. The summed E-state index contributed by atoms with van der Waals surface area (Å²) in [5, 5.41) is 0. The van der Waals surface area contributed by atoms with E-state index in [9.17, 15) is 8.42 Å². The van der Waals surface area contributed by atoms with Crippen LogP contribution in [0.15, 0.2) is 24.3 Å². The number of benzene rings is 1. The molecule has 0 N–H and O–H groups in total. The fourth-order valence-corrected chi connectivity index (χ4v) is 4.07. The van der Waals surface area contributed by atoms with Gasteiger partial charge in [0.05, 0.1) is 5.75 Å². The third kappa shape index (κ3) is 3.33. The van der Waals surface area contributed by atoms with Gasteiger partial charge in [0.25, 0.3) is 0 Å². The molecule has 2 rings (SSSR count). The van der Waals surface area contributed by atoms with Crippen LogP contribution in [0.1, 0.15) is 30.9 Å². The van der Waals surface area contributed by atoms with Gasteiger partial charge in [0, 0.05) is 13.1 Å². The standard InChI is InChI=1S/C14H21NO2S/c1-12-5-7-14(8-6-12)11-18(16,17)15-9-3-4-13(2)10-15/h5-8,13H,3-4,9-11H2,1-2H3. The lowest BCUT2D eigenvalue weighted by Gasteiger charge is -2.30. The zero-order chi connectivity index (χ0) is 13.2. The molecular weight excluding hydrogens is 246 g/mol. The molecule has 0 radical (unpaired) electrons. The molecule has 0 spiro atoms. The minimum atomic E-state index is -3.15. The summed E-state index contributed by atoms with van der Waals surface area (Å²) in [5.74, 6) is 0.603. The minimum Gasteiger partial charge on any atom is -0.212 e. The third-order valence-corrected chi connectivity index (χ3v) is 5.30. The first-order valence-corrected chi connectivity index (χ1v) is 8.11. The van der Waals surface area contributed by atoms with Crippen LogP contribution in [0.3, 0.4) is 0 Å². The molecule has 1 aromatic carbocycles. The number of hydrogen-bond donors (Lipinski definition) is 0. The average Bonchev–Trinajstić information content (AvgIpc) is 2.32. The van der Waals surface area contributed by atoms with E-state index in [4.69, 9.17) is 0 Å². The van der Waals surface area contributed by atoms with E-state index in [1.807, 2.05) is 31.2 Å². The third-order valence-electron chi connectivity index (χ3n) is 3.48. The predicted octanol–water partition coefficient (Wildman–Crippen LogP) is 2.56. The molecule has 4 heteroatoms. The Morgan fingerprint density at radius 1 is 1.28 bits per heavy atom. The second-order valence-electron chi connectivity index (χ2n) is 5.35. The summed E-state index contributed by atoms with van der Waals surface area (Å²) in [5.41, 5.74) is 2.03. The van der Waals surface area contributed by atoms with Gasteiger partial charge in [-0.15, -0.1) is 0 Å². The summed E-state index contributed by atoms with van der Waals surface area (Å²) >= 11 is 0. The van der Waals surface area contributed by atoms with Crippen molar-refractivity contribution < 1.29 is 8.42 Å². The minimum absolute atomic E-state index is 0.125. The lowest BCUT2D eigenvalue weighted by molar-refractivity contribution is 0.281. The van der Waals surface area contributed by atoms with Crippen LogP contribution in [0.2, 0.25) is 0 Å². The second-order valence-corrected chi connectivity index (χ2v) is 7.32. The van der Waals surface area contributed by atoms with E-state index >= 15 is 0 Å². The molecule has 1 aliphatic rings. The highest BCUT2D eigenvalue weighted by Gasteiger charge is 2.26. The van der Waals surface area contributed by atoms with Crippen LogP contribution in [0, 0.1) is 12.8 Å². The Kier molecular flexibility index (Phi) is 4.07. The molecule has 100 valence electrons. The number of hydrogen-bond acceptors (Lipinski definition) is 2. The van der Waals surface area contributed by atoms with Crippen LogP contribution < -0.4 is 0 Å². The lowest BCUT2D eigenvalue weighted by Crippen LogP contribution is -2.39. The normalized spacial score (nSPS) is 22.0. The van der Waals surface area contributed by atoms with Crippen molar-refractivity contribution in [3.8, 4) is 0 Å². The molecule has 0 amide bonds. The van der Waals surface area contributed by atoms with Crippen molar-refractivity contribution in [2.24, 2.45) is 5.92 Å². The molecule has 1 unspecified atom stereocenters. The first kappa shape index (κ1) is 13.6. The Morgan fingerprint density at radius 2 is 1.94 bits per heavy atom. The summed E-state index contributed by atoms with van der Waals surface area (Å²) < 4.78 is 26.3. The Morgan fingerprint density at radius 3 is 2.56 bits per heavy atom. The zero-order valence-electron chi connectivity index (χ0n) is 11.1. The van der Waals surface area contributed by atoms with Crippen molar-refractivity contribution in [2.45, 2.75) is 32.4 Å². The van der Waals surface area contributed by atoms with Crippen molar-refractivity contribution in [3.63, 3.8) is 0 Å². The van der Waals surface area contributed by atoms with Gasteiger partial charge in [-0.05, 0) is 31.2 Å². The Bertz CT molecular complexity index is 493. The monoisotopic (exact) mass is 267 g/mol. The van der Waals surface area contributed by atoms with Gasteiger partial charge < -0.3 is 0 Å². The Labute approximate surface area is 110 Å². The van der Waals surface area contributed by atoms with Crippen LogP contribution in [-0.4, -0.2) is 25.8 Å². The number of aryl methyl sites for hydroxylation is 1. The topological polar surface area (TPSA) is 37.4 Å². The van der Waals surface area contributed by atoms with E-state index in [2.05, 4.69) is 6.92 Å². The first-order chi connectivity index (χ1) is 8.47. The molecule has 1 fully saturated rings. The molecule has 0 bridgehead atoms. The van der Waals surface area contributed by atoms with Crippen molar-refractivity contribution >= 4 is 10.0 Å². The largest absolute Gasteiger partial charge is 0.218 e. The molecule has 3 nitrogen and oxygen atoms in total. The van der Waals surface area contributed by atoms with E-state index in [0.717, 1.165) is 24.0 Å². The van der Waals surface area contributed by atoms with Gasteiger partial charge in [-0.25, -0.2) is 12.7 Å². The molecule has 1 atom stereocenters. The highest BCUT2D eigenvalue weighted by molar-refractivity contribution is 7.88. The fraction of sp³-hybridized carbons (Fsp3) is 0.571. The van der Waals surface area contributed by atoms with Gasteiger partial charge in [0.2, 0.25) is 10.0 Å². The quantitative estimate of drug-likeness (QED) is 0.844. The van der Waals surface area contributed by atoms with Crippen LogP contribution in [-0.2, 0) is 15.8 Å². The Balaban J connectivity index is 2.09. The van der Waals surface area contributed by atoms with Gasteiger partial charge >= 0.3 is 0 Å². The molecule has 0 aromatic heterocycles. The first-order valence-electron chi connectivity index (χ1n) is 6.51. The SMILES string of the molecule is Cc1ccc(CS(=O)(=O)N2CCCC(C)C2)cc1. The number of sulfonamides is 1. The molecule has 1 heterocycles. The van der Waals surface area contributed by atoms with Crippen molar-refractivity contribution in [2.75, 3.05) is 13.1 Å². The molecule has 1 aromatic rings. The van der Waals surface area contributed by atoms with Gasteiger partial charge in [-0.1, -0.05) is 36.8 Å². The summed E-state index contributed by atoms with van der Waals surface area (Å²) in [6.07, 6.45) is 2.12. The number of nitrogens with zero attached hydrogens (tertiary/aromatic N) is 1. The summed E-state index contributed by atoms with van der Waals surface area (Å²) in [6, 6.07) is 7.73. The summed E-state index contributed by atoms with van der Waals surface area (Å²) in [4.78, 5) is 0. The lowest BCUT2D eigenvalue weighted by atomic mass is 10.0. The number of piperidine rings is 1. The molecule has 0 aliphatic carbocycles. The molecule has 1 saturated heterocycles. The highest BCUT2D eigenvalue weighted by Crippen LogP contribution is 2.20. The van der Waals surface area contributed by atoms with E-state index in [1.165, 1.54) is 0 Å². The van der Waals surface area contributed by atoms with Crippen LogP contribution in [0.25, 0.3) is 0 Å². The van der Waals surface area contributed by atoms with Gasteiger partial charge in [0.15, 0.2) is 0 Å².